The third kappa shape index (κ3) is 4.79. The van der Waals surface area contributed by atoms with Crippen LogP contribution in [0.2, 0.25) is 0 Å². The molecule has 0 heterocycles. The van der Waals surface area contributed by atoms with Crippen LogP contribution in [0.5, 0.6) is 11.5 Å². The summed E-state index contributed by atoms with van der Waals surface area (Å²) in [7, 11) is 0. The maximum atomic E-state index is 12.1. The molecule has 2 aromatic rings. The summed E-state index contributed by atoms with van der Waals surface area (Å²) in [5.74, 6) is 0.723. The lowest BCUT2D eigenvalue weighted by atomic mass is 10.2. The molecule has 2 rings (SSSR count). The van der Waals surface area contributed by atoms with Crippen LogP contribution < -0.4 is 9.47 Å². The van der Waals surface area contributed by atoms with Crippen molar-refractivity contribution in [2.45, 2.75) is 13.8 Å². The second-order valence-corrected chi connectivity index (χ2v) is 6.34. The van der Waals surface area contributed by atoms with E-state index in [1.807, 2.05) is 13.8 Å². The van der Waals surface area contributed by atoms with E-state index in [9.17, 15) is 14.9 Å². The van der Waals surface area contributed by atoms with Crippen molar-refractivity contribution in [2.75, 3.05) is 6.61 Å². The van der Waals surface area contributed by atoms with Gasteiger partial charge in [-0.1, -0.05) is 13.8 Å². The average Bonchev–Trinajstić information content (AvgIpc) is 2.54. The molecule has 7 heteroatoms. The van der Waals surface area contributed by atoms with Gasteiger partial charge in [-0.2, -0.15) is 0 Å². The maximum absolute atomic E-state index is 12.1. The fraction of sp³-hybridized carbons (Fsp3) is 0.235. The van der Waals surface area contributed by atoms with Crippen molar-refractivity contribution in [1.82, 2.24) is 0 Å². The van der Waals surface area contributed by atoms with Crippen molar-refractivity contribution in [2.24, 2.45) is 5.92 Å². The molecular weight excluding hydrogens is 378 g/mol. The van der Waals surface area contributed by atoms with E-state index < -0.39 is 10.9 Å². The molecule has 0 saturated carbocycles. The SMILES string of the molecule is CC(C)COc1ccc(C(=O)Oc2ccc([N+](=O)[O-])cc2)cc1Br. The Morgan fingerprint density at radius 1 is 1.21 bits per heavy atom. The normalized spacial score (nSPS) is 10.5. The van der Waals surface area contributed by atoms with Crippen LogP contribution in [0.4, 0.5) is 5.69 Å². The second-order valence-electron chi connectivity index (χ2n) is 5.49. The first-order valence-corrected chi connectivity index (χ1v) is 8.05. The molecule has 0 unspecified atom stereocenters. The first kappa shape index (κ1) is 17.9. The van der Waals surface area contributed by atoms with Crippen molar-refractivity contribution < 1.29 is 19.2 Å². The molecule has 0 aromatic heterocycles. The number of nitrogens with zero attached hydrogens (tertiary/aromatic N) is 1. The van der Waals surface area contributed by atoms with Crippen LogP contribution >= 0.6 is 15.9 Å². The van der Waals surface area contributed by atoms with E-state index in [4.69, 9.17) is 9.47 Å². The third-order valence-corrected chi connectivity index (χ3v) is 3.62. The zero-order chi connectivity index (χ0) is 17.7. The van der Waals surface area contributed by atoms with Gasteiger partial charge < -0.3 is 9.47 Å². The minimum atomic E-state index is -0.556. The summed E-state index contributed by atoms with van der Waals surface area (Å²) in [4.78, 5) is 22.2. The Morgan fingerprint density at radius 2 is 1.88 bits per heavy atom. The summed E-state index contributed by atoms with van der Waals surface area (Å²) in [6, 6.07) is 10.2. The van der Waals surface area contributed by atoms with Crippen LogP contribution in [0, 0.1) is 16.0 Å². The maximum Gasteiger partial charge on any atom is 0.343 e. The molecule has 0 spiro atoms. The van der Waals surface area contributed by atoms with Gasteiger partial charge in [0.05, 0.1) is 21.6 Å². The summed E-state index contributed by atoms with van der Waals surface area (Å²) in [6.45, 7) is 4.67. The van der Waals surface area contributed by atoms with Gasteiger partial charge in [0.15, 0.2) is 0 Å². The predicted octanol–water partition coefficient (Wildman–Crippen LogP) is 4.61. The quantitative estimate of drug-likeness (QED) is 0.309. The number of nitro benzene ring substituents is 1. The van der Waals surface area contributed by atoms with Gasteiger partial charge in [-0.3, -0.25) is 10.1 Å². The number of non-ortho nitro benzene ring substituents is 1. The van der Waals surface area contributed by atoms with E-state index in [0.29, 0.717) is 28.3 Å². The number of rotatable bonds is 6. The number of esters is 1. The van der Waals surface area contributed by atoms with Gasteiger partial charge in [-0.15, -0.1) is 0 Å². The van der Waals surface area contributed by atoms with Crippen molar-refractivity contribution in [3.8, 4) is 11.5 Å². The summed E-state index contributed by atoms with van der Waals surface area (Å²) < 4.78 is 11.5. The van der Waals surface area contributed by atoms with Crippen LogP contribution in [-0.2, 0) is 0 Å². The predicted molar refractivity (Wildman–Crippen MR) is 92.5 cm³/mol. The summed E-state index contributed by atoms with van der Waals surface area (Å²) in [5, 5.41) is 10.6. The molecule has 0 aliphatic rings. The molecular formula is C17H16BrNO5. The number of carbonyl (C=O) groups excluding carboxylic acids is 1. The molecule has 0 radical (unpaired) electrons. The molecule has 126 valence electrons. The number of ether oxygens (including phenoxy) is 2. The third-order valence-electron chi connectivity index (χ3n) is 3.00. The molecule has 6 nitrogen and oxygen atoms in total. The van der Waals surface area contributed by atoms with E-state index in [1.54, 1.807) is 18.2 Å². The molecule has 24 heavy (non-hydrogen) atoms. The smallest absolute Gasteiger partial charge is 0.343 e. The van der Waals surface area contributed by atoms with Crippen LogP contribution in [0.3, 0.4) is 0 Å². The molecule has 0 fully saturated rings. The fourth-order valence-corrected chi connectivity index (χ4v) is 2.30. The van der Waals surface area contributed by atoms with Gasteiger partial charge in [-0.05, 0) is 52.2 Å². The molecule has 0 aliphatic carbocycles. The minimum Gasteiger partial charge on any atom is -0.492 e. The Bertz CT molecular complexity index is 743. The zero-order valence-corrected chi connectivity index (χ0v) is 14.8. The van der Waals surface area contributed by atoms with Crippen LogP contribution in [0.15, 0.2) is 46.9 Å². The van der Waals surface area contributed by atoms with Gasteiger partial charge >= 0.3 is 5.97 Å². The topological polar surface area (TPSA) is 78.7 Å². The standard InChI is InChI=1S/C17H16BrNO5/c1-11(2)10-23-16-8-3-12(9-15(16)18)17(20)24-14-6-4-13(5-7-14)19(21)22/h3-9,11H,10H2,1-2H3. The highest BCUT2D eigenvalue weighted by molar-refractivity contribution is 9.10. The van der Waals surface area contributed by atoms with Crippen molar-refractivity contribution in [3.05, 3.63) is 62.6 Å². The highest BCUT2D eigenvalue weighted by atomic mass is 79.9. The molecule has 0 atom stereocenters. The number of hydrogen-bond acceptors (Lipinski definition) is 5. The monoisotopic (exact) mass is 393 g/mol. The highest BCUT2D eigenvalue weighted by Crippen LogP contribution is 2.27. The lowest BCUT2D eigenvalue weighted by Gasteiger charge is -2.11. The Morgan fingerprint density at radius 3 is 2.42 bits per heavy atom. The van der Waals surface area contributed by atoms with Gasteiger partial charge in [-0.25, -0.2) is 4.79 Å². The molecule has 0 bridgehead atoms. The lowest BCUT2D eigenvalue weighted by molar-refractivity contribution is -0.384. The molecule has 0 saturated heterocycles. The van der Waals surface area contributed by atoms with Crippen LogP contribution in [0.1, 0.15) is 24.2 Å². The summed E-state index contributed by atoms with van der Waals surface area (Å²) >= 11 is 3.37. The Balaban J connectivity index is 2.06. The van der Waals surface area contributed by atoms with Gasteiger partial charge in [0.1, 0.15) is 11.5 Å². The van der Waals surface area contributed by atoms with Gasteiger partial charge in [0.25, 0.3) is 5.69 Å². The number of hydrogen-bond donors (Lipinski definition) is 0. The van der Waals surface area contributed by atoms with Crippen LogP contribution in [0.25, 0.3) is 0 Å². The van der Waals surface area contributed by atoms with Gasteiger partial charge in [0.2, 0.25) is 0 Å². The first-order chi connectivity index (χ1) is 11.4. The molecule has 2 aromatic carbocycles. The largest absolute Gasteiger partial charge is 0.492 e. The van der Waals surface area contributed by atoms with Gasteiger partial charge in [0, 0.05) is 12.1 Å². The first-order valence-electron chi connectivity index (χ1n) is 7.26. The Hall–Kier alpha value is -2.41. The van der Waals surface area contributed by atoms with E-state index in [-0.39, 0.29) is 11.4 Å². The molecule has 0 N–H and O–H groups in total. The lowest BCUT2D eigenvalue weighted by Crippen LogP contribution is -2.09. The number of nitro groups is 1. The highest BCUT2D eigenvalue weighted by Gasteiger charge is 2.13. The summed E-state index contributed by atoms with van der Waals surface area (Å²) in [6.07, 6.45) is 0. The summed E-state index contributed by atoms with van der Waals surface area (Å²) in [5.41, 5.74) is 0.279. The number of benzene rings is 2. The van der Waals surface area contributed by atoms with E-state index in [0.717, 1.165) is 0 Å². The molecule has 0 aliphatic heterocycles. The number of halogens is 1. The average molecular weight is 394 g/mol. The van der Waals surface area contributed by atoms with Crippen LogP contribution in [-0.4, -0.2) is 17.5 Å². The van der Waals surface area contributed by atoms with E-state index >= 15 is 0 Å². The zero-order valence-electron chi connectivity index (χ0n) is 13.2. The van der Waals surface area contributed by atoms with E-state index in [1.165, 1.54) is 24.3 Å². The van der Waals surface area contributed by atoms with Crippen molar-refractivity contribution in [1.29, 1.82) is 0 Å². The van der Waals surface area contributed by atoms with E-state index in [2.05, 4.69) is 15.9 Å². The Kier molecular flexibility index (Phi) is 5.92. The van der Waals surface area contributed by atoms with Crippen molar-refractivity contribution >= 4 is 27.6 Å². The Labute approximate surface area is 147 Å². The number of carbonyl (C=O) groups is 1. The minimum absolute atomic E-state index is 0.0656. The fourth-order valence-electron chi connectivity index (χ4n) is 1.80. The molecule has 0 amide bonds. The second kappa shape index (κ2) is 7.92. The van der Waals surface area contributed by atoms with Crippen molar-refractivity contribution in [3.63, 3.8) is 0 Å².